The van der Waals surface area contributed by atoms with Crippen LogP contribution >= 0.6 is 0 Å². The second-order valence-corrected chi connectivity index (χ2v) is 15.0. The fourth-order valence-electron chi connectivity index (χ4n) is 5.46. The van der Waals surface area contributed by atoms with Gasteiger partial charge in [-0.05, 0) is 91.7 Å². The summed E-state index contributed by atoms with van der Waals surface area (Å²) < 4.78 is 78.0. The summed E-state index contributed by atoms with van der Waals surface area (Å²) in [5, 5.41) is 40.2. The van der Waals surface area contributed by atoms with Gasteiger partial charge in [-0.25, -0.2) is 0 Å². The number of azo groups is 3. The van der Waals surface area contributed by atoms with Crippen LogP contribution in [0.1, 0.15) is 11.1 Å². The lowest BCUT2D eigenvalue weighted by atomic mass is 10.1. The first kappa shape index (κ1) is 39.1. The van der Waals surface area contributed by atoms with E-state index in [0.717, 1.165) is 11.8 Å². The fourth-order valence-corrected chi connectivity index (χ4v) is 6.60. The Morgan fingerprint density at radius 3 is 1.66 bits per heavy atom. The third-order valence-corrected chi connectivity index (χ3v) is 10.1. The number of aromatic hydroxyl groups is 1. The van der Waals surface area contributed by atoms with Gasteiger partial charge in [-0.3, -0.25) is 9.11 Å². The lowest BCUT2D eigenvalue weighted by molar-refractivity contribution is 0.415. The van der Waals surface area contributed by atoms with Crippen molar-refractivity contribution in [2.24, 2.45) is 30.7 Å². The molecule has 56 heavy (non-hydrogen) atoms. The van der Waals surface area contributed by atoms with Gasteiger partial charge in [-0.2, -0.15) is 32.2 Å². The van der Waals surface area contributed by atoms with Gasteiger partial charge in [0.1, 0.15) is 39.2 Å². The molecule has 0 amide bonds. The lowest BCUT2D eigenvalue weighted by Gasteiger charge is -2.12. The Morgan fingerprint density at radius 2 is 1.11 bits per heavy atom. The zero-order valence-corrected chi connectivity index (χ0v) is 31.7. The highest BCUT2D eigenvalue weighted by Gasteiger charge is 2.22. The minimum Gasteiger partial charge on any atom is -0.507 e. The van der Waals surface area contributed by atoms with Crippen LogP contribution in [0.2, 0.25) is 0 Å². The molecule has 0 spiro atoms. The molecule has 6 rings (SSSR count). The summed E-state index contributed by atoms with van der Waals surface area (Å²) in [6.45, 7) is 3.54. The number of para-hydroxylation sites is 1. The summed E-state index contributed by atoms with van der Waals surface area (Å²) in [5.41, 5.74) is 4.20. The molecule has 0 aliphatic heterocycles. The molecule has 0 radical (unpaired) electrons. The van der Waals surface area contributed by atoms with Crippen LogP contribution in [0.5, 0.6) is 17.2 Å². The van der Waals surface area contributed by atoms with E-state index in [2.05, 4.69) is 36.0 Å². The van der Waals surface area contributed by atoms with Gasteiger partial charge in [0.2, 0.25) is 0 Å². The molecule has 0 unspecified atom stereocenters. The van der Waals surface area contributed by atoms with E-state index in [1.165, 1.54) is 38.5 Å². The molecule has 0 fully saturated rings. The van der Waals surface area contributed by atoms with Crippen LogP contribution in [0.25, 0.3) is 10.8 Å². The number of ether oxygens (including phenoxy) is 2. The minimum atomic E-state index is -4.86. The SMILES string of the molecule is COc1cc(N=Nc2ccc(S(=O)(=O)O)cc2)c(C)cc1N=Nc1cc(OC)c(N=Nc2c(S(=O)(=O)O)cc(O)c3ccc(Nc4ccccc4)cc23)cc1C. The number of hydrogen-bond acceptors (Lipinski definition) is 14. The van der Waals surface area contributed by atoms with Crippen molar-refractivity contribution >= 4 is 76.5 Å². The molecule has 0 saturated carbocycles. The van der Waals surface area contributed by atoms with E-state index >= 15 is 0 Å². The summed E-state index contributed by atoms with van der Waals surface area (Å²) in [6.07, 6.45) is 0. The number of nitrogens with one attached hydrogen (secondary N) is 1. The number of aryl methyl sites for hydroxylation is 2. The first-order chi connectivity index (χ1) is 26.6. The maximum Gasteiger partial charge on any atom is 0.296 e. The van der Waals surface area contributed by atoms with Crippen LogP contribution < -0.4 is 14.8 Å². The standard InChI is InChI=1S/C38H33N7O9S2/c1-22-16-32(35(53-3)19-30(22)41-40-25-10-13-27(14-11-25)55(47,48)49)43-42-31-20-36(54-4)33(17-23(31)2)44-45-38-29-18-26(39-24-8-6-5-7-9-24)12-15-28(29)34(46)21-37(38)56(50,51)52/h5-21,39,46H,1-4H3,(H,47,48,49)(H,50,51,52). The number of methoxy groups -OCH3 is 2. The number of benzene rings is 6. The van der Waals surface area contributed by atoms with Crippen LogP contribution in [0.15, 0.2) is 144 Å². The lowest BCUT2D eigenvalue weighted by Crippen LogP contribution is -1.99. The van der Waals surface area contributed by atoms with Crippen molar-refractivity contribution in [2.45, 2.75) is 23.6 Å². The van der Waals surface area contributed by atoms with Crippen molar-refractivity contribution in [3.8, 4) is 17.2 Å². The molecule has 18 heteroatoms. The minimum absolute atomic E-state index is 0.203. The van der Waals surface area contributed by atoms with E-state index in [9.17, 15) is 31.0 Å². The molecule has 0 atom stereocenters. The zero-order chi connectivity index (χ0) is 40.2. The second-order valence-electron chi connectivity index (χ2n) is 12.2. The van der Waals surface area contributed by atoms with Gasteiger partial charge >= 0.3 is 0 Å². The average molecular weight is 796 g/mol. The Kier molecular flexibility index (Phi) is 11.2. The first-order valence-corrected chi connectivity index (χ1v) is 19.3. The van der Waals surface area contributed by atoms with E-state index < -0.39 is 25.1 Å². The van der Waals surface area contributed by atoms with Gasteiger partial charge in [-0.1, -0.05) is 18.2 Å². The number of phenolic OH excluding ortho intramolecular Hbond substituents is 1. The summed E-state index contributed by atoms with van der Waals surface area (Å²) >= 11 is 0. The third kappa shape index (κ3) is 8.85. The van der Waals surface area contributed by atoms with Crippen molar-refractivity contribution in [3.63, 3.8) is 0 Å². The number of nitrogens with zero attached hydrogens (tertiary/aromatic N) is 6. The number of rotatable bonds is 12. The van der Waals surface area contributed by atoms with Crippen molar-refractivity contribution < 1.29 is 40.5 Å². The number of fused-ring (bicyclic) bond motifs is 1. The molecule has 0 aromatic heterocycles. The average Bonchev–Trinajstić information content (AvgIpc) is 3.16. The summed E-state index contributed by atoms with van der Waals surface area (Å²) in [6, 6.07) is 26.8. The molecular formula is C38H33N7O9S2. The van der Waals surface area contributed by atoms with Gasteiger partial charge in [0.05, 0.1) is 36.2 Å². The maximum absolute atomic E-state index is 12.5. The predicted octanol–water partition coefficient (Wildman–Crippen LogP) is 10.7. The quantitative estimate of drug-likeness (QED) is 0.0675. The van der Waals surface area contributed by atoms with Gasteiger partial charge in [0, 0.05) is 40.3 Å². The zero-order valence-electron chi connectivity index (χ0n) is 30.1. The van der Waals surface area contributed by atoms with Gasteiger partial charge < -0.3 is 19.9 Å². The Morgan fingerprint density at radius 1 is 0.554 bits per heavy atom. The Balaban J connectivity index is 1.31. The number of hydrogen-bond donors (Lipinski definition) is 4. The van der Waals surface area contributed by atoms with E-state index in [1.807, 2.05) is 30.3 Å². The molecule has 0 heterocycles. The van der Waals surface area contributed by atoms with Gasteiger partial charge in [0.15, 0.2) is 0 Å². The van der Waals surface area contributed by atoms with Crippen molar-refractivity contribution in [1.29, 1.82) is 0 Å². The fraction of sp³-hybridized carbons (Fsp3) is 0.105. The predicted molar refractivity (Wildman–Crippen MR) is 209 cm³/mol. The van der Waals surface area contributed by atoms with E-state index in [0.29, 0.717) is 45.3 Å². The second kappa shape index (κ2) is 16.0. The molecule has 0 aliphatic rings. The highest BCUT2D eigenvalue weighted by Crippen LogP contribution is 2.43. The molecular weight excluding hydrogens is 763 g/mol. The number of anilines is 2. The molecule has 0 bridgehead atoms. The van der Waals surface area contributed by atoms with Crippen molar-refractivity contribution in [2.75, 3.05) is 19.5 Å². The smallest absolute Gasteiger partial charge is 0.296 e. The molecule has 6 aromatic carbocycles. The topological polar surface area (TPSA) is 234 Å². The highest BCUT2D eigenvalue weighted by atomic mass is 32.2. The molecule has 286 valence electrons. The largest absolute Gasteiger partial charge is 0.507 e. The molecule has 0 aliphatic carbocycles. The van der Waals surface area contributed by atoms with Crippen molar-refractivity contribution in [3.05, 3.63) is 114 Å². The number of phenols is 1. The molecule has 4 N–H and O–H groups in total. The monoisotopic (exact) mass is 795 g/mol. The highest BCUT2D eigenvalue weighted by molar-refractivity contribution is 7.86. The third-order valence-electron chi connectivity index (χ3n) is 8.32. The summed E-state index contributed by atoms with van der Waals surface area (Å²) in [7, 11) is -6.33. The molecule has 6 aromatic rings. The van der Waals surface area contributed by atoms with Crippen LogP contribution in [0.4, 0.5) is 45.5 Å². The maximum atomic E-state index is 12.5. The van der Waals surface area contributed by atoms with Crippen LogP contribution in [0, 0.1) is 13.8 Å². The normalized spacial score (nSPS) is 12.2. The molecule has 0 saturated heterocycles. The Hall–Kier alpha value is -6.60. The summed E-state index contributed by atoms with van der Waals surface area (Å²) in [5.74, 6) is 0.181. The van der Waals surface area contributed by atoms with Gasteiger partial charge in [0.25, 0.3) is 20.2 Å². The van der Waals surface area contributed by atoms with Gasteiger partial charge in [-0.15, -0.1) is 15.3 Å². The van der Waals surface area contributed by atoms with Crippen LogP contribution in [0.3, 0.4) is 0 Å². The van der Waals surface area contributed by atoms with E-state index in [-0.39, 0.29) is 38.5 Å². The summed E-state index contributed by atoms with van der Waals surface area (Å²) in [4.78, 5) is -0.908. The van der Waals surface area contributed by atoms with Crippen molar-refractivity contribution in [1.82, 2.24) is 0 Å². The Labute approximate surface area is 321 Å². The van der Waals surface area contributed by atoms with E-state index in [4.69, 9.17) is 9.47 Å². The van der Waals surface area contributed by atoms with Crippen LogP contribution in [-0.2, 0) is 20.2 Å². The van der Waals surface area contributed by atoms with E-state index in [1.54, 1.807) is 56.3 Å². The Bertz CT molecular complexity index is 2780. The first-order valence-electron chi connectivity index (χ1n) is 16.4. The molecule has 16 nitrogen and oxygen atoms in total. The van der Waals surface area contributed by atoms with Crippen LogP contribution in [-0.4, -0.2) is 45.3 Å².